The van der Waals surface area contributed by atoms with Gasteiger partial charge in [-0.2, -0.15) is 0 Å². The standard InChI is InChI=1S/C14H14N2O2/c1-10-3-5-11(6-4-10)9-12(17)13-14(18-2)16-8-7-15-13/h3-8H,9H2,1-2H3. The number of aryl methyl sites for hydroxylation is 1. The number of ether oxygens (including phenoxy) is 1. The Balaban J connectivity index is 2.19. The third-order valence-corrected chi connectivity index (χ3v) is 2.61. The van der Waals surface area contributed by atoms with E-state index in [1.165, 1.54) is 25.1 Å². The van der Waals surface area contributed by atoms with Gasteiger partial charge in [0.15, 0.2) is 11.5 Å². The normalized spacial score (nSPS) is 10.1. The quantitative estimate of drug-likeness (QED) is 0.771. The highest BCUT2D eigenvalue weighted by atomic mass is 16.5. The van der Waals surface area contributed by atoms with Crippen LogP contribution in [0.1, 0.15) is 21.6 Å². The second kappa shape index (κ2) is 5.40. The van der Waals surface area contributed by atoms with Crippen molar-refractivity contribution in [1.82, 2.24) is 9.97 Å². The molecular weight excluding hydrogens is 228 g/mol. The predicted molar refractivity (Wildman–Crippen MR) is 67.8 cm³/mol. The number of carbonyl (C=O) groups is 1. The van der Waals surface area contributed by atoms with E-state index in [2.05, 4.69) is 9.97 Å². The zero-order valence-electron chi connectivity index (χ0n) is 10.4. The lowest BCUT2D eigenvalue weighted by Crippen LogP contribution is -2.09. The summed E-state index contributed by atoms with van der Waals surface area (Å²) in [5, 5.41) is 0. The molecule has 18 heavy (non-hydrogen) atoms. The first-order valence-corrected chi connectivity index (χ1v) is 5.64. The van der Waals surface area contributed by atoms with Crippen molar-refractivity contribution in [2.24, 2.45) is 0 Å². The molecule has 0 saturated carbocycles. The molecule has 1 aromatic carbocycles. The summed E-state index contributed by atoms with van der Waals surface area (Å²) in [6.07, 6.45) is 3.29. The van der Waals surface area contributed by atoms with Gasteiger partial charge in [-0.15, -0.1) is 0 Å². The highest BCUT2D eigenvalue weighted by Gasteiger charge is 2.15. The van der Waals surface area contributed by atoms with Crippen LogP contribution in [0.3, 0.4) is 0 Å². The minimum absolute atomic E-state index is 0.0937. The van der Waals surface area contributed by atoms with Crippen molar-refractivity contribution in [3.8, 4) is 5.88 Å². The first-order valence-electron chi connectivity index (χ1n) is 5.64. The van der Waals surface area contributed by atoms with Crippen LogP contribution >= 0.6 is 0 Å². The van der Waals surface area contributed by atoms with E-state index >= 15 is 0 Å². The van der Waals surface area contributed by atoms with E-state index < -0.39 is 0 Å². The summed E-state index contributed by atoms with van der Waals surface area (Å²) in [5.41, 5.74) is 2.40. The summed E-state index contributed by atoms with van der Waals surface area (Å²) < 4.78 is 5.03. The number of aromatic nitrogens is 2. The maximum Gasteiger partial charge on any atom is 0.243 e. The molecule has 92 valence electrons. The molecule has 0 N–H and O–H groups in total. The highest BCUT2D eigenvalue weighted by molar-refractivity contribution is 5.97. The van der Waals surface area contributed by atoms with Crippen molar-refractivity contribution in [1.29, 1.82) is 0 Å². The maximum absolute atomic E-state index is 12.1. The number of carbonyl (C=O) groups excluding carboxylic acids is 1. The van der Waals surface area contributed by atoms with Gasteiger partial charge in [-0.3, -0.25) is 4.79 Å². The molecule has 2 aromatic rings. The fourth-order valence-electron chi connectivity index (χ4n) is 1.64. The molecule has 4 heteroatoms. The molecule has 0 unspecified atom stereocenters. The van der Waals surface area contributed by atoms with E-state index in [1.54, 1.807) is 0 Å². The van der Waals surface area contributed by atoms with Crippen molar-refractivity contribution in [2.45, 2.75) is 13.3 Å². The molecule has 4 nitrogen and oxygen atoms in total. The highest BCUT2D eigenvalue weighted by Crippen LogP contribution is 2.14. The molecule has 1 heterocycles. The van der Waals surface area contributed by atoms with Gasteiger partial charge in [0.2, 0.25) is 5.88 Å². The van der Waals surface area contributed by atoms with Crippen molar-refractivity contribution >= 4 is 5.78 Å². The van der Waals surface area contributed by atoms with Crippen LogP contribution in [0, 0.1) is 6.92 Å². The lowest BCUT2D eigenvalue weighted by atomic mass is 10.1. The van der Waals surface area contributed by atoms with Crippen molar-refractivity contribution in [3.63, 3.8) is 0 Å². The average molecular weight is 242 g/mol. The second-order valence-electron chi connectivity index (χ2n) is 4.00. The number of Topliss-reactive ketones (excluding diaryl/α,β-unsaturated/α-hetero) is 1. The molecule has 0 amide bonds. The lowest BCUT2D eigenvalue weighted by Gasteiger charge is -2.05. The first kappa shape index (κ1) is 12.2. The van der Waals surface area contributed by atoms with Crippen LogP contribution < -0.4 is 4.74 Å². The molecule has 0 aliphatic rings. The summed E-state index contributed by atoms with van der Waals surface area (Å²) in [4.78, 5) is 20.1. The van der Waals surface area contributed by atoms with Crippen LogP contribution in [0.15, 0.2) is 36.7 Å². The summed E-state index contributed by atoms with van der Waals surface area (Å²) >= 11 is 0. The van der Waals surface area contributed by atoms with Gasteiger partial charge < -0.3 is 4.74 Å². The van der Waals surface area contributed by atoms with Crippen LogP contribution in [0.5, 0.6) is 5.88 Å². The molecule has 2 rings (SSSR count). The zero-order valence-corrected chi connectivity index (χ0v) is 10.4. The van der Waals surface area contributed by atoms with Crippen LogP contribution in [-0.2, 0) is 6.42 Å². The van der Waals surface area contributed by atoms with E-state index in [0.717, 1.165) is 5.56 Å². The number of benzene rings is 1. The largest absolute Gasteiger partial charge is 0.479 e. The Hall–Kier alpha value is -2.23. The Morgan fingerprint density at radius 1 is 1.17 bits per heavy atom. The monoisotopic (exact) mass is 242 g/mol. The Morgan fingerprint density at radius 2 is 1.83 bits per heavy atom. The van der Waals surface area contributed by atoms with Gasteiger partial charge >= 0.3 is 0 Å². The number of methoxy groups -OCH3 is 1. The summed E-state index contributed by atoms with van der Waals surface area (Å²) in [6, 6.07) is 7.85. The Bertz CT molecular complexity index is 550. The number of ketones is 1. The summed E-state index contributed by atoms with van der Waals surface area (Å²) in [7, 11) is 1.48. The zero-order chi connectivity index (χ0) is 13.0. The molecular formula is C14H14N2O2. The van der Waals surface area contributed by atoms with Gasteiger partial charge in [0, 0.05) is 18.8 Å². The van der Waals surface area contributed by atoms with Crippen LogP contribution in [0.4, 0.5) is 0 Å². The van der Waals surface area contributed by atoms with Crippen LogP contribution in [0.2, 0.25) is 0 Å². The Morgan fingerprint density at radius 3 is 2.50 bits per heavy atom. The van der Waals surface area contributed by atoms with Crippen molar-refractivity contribution < 1.29 is 9.53 Å². The fraction of sp³-hybridized carbons (Fsp3) is 0.214. The van der Waals surface area contributed by atoms with E-state index in [4.69, 9.17) is 4.74 Å². The minimum Gasteiger partial charge on any atom is -0.479 e. The van der Waals surface area contributed by atoms with Crippen molar-refractivity contribution in [3.05, 3.63) is 53.5 Å². The average Bonchev–Trinajstić information content (AvgIpc) is 2.41. The lowest BCUT2D eigenvalue weighted by molar-refractivity contribution is 0.0984. The minimum atomic E-state index is -0.0937. The molecule has 1 aromatic heterocycles. The molecule has 0 bridgehead atoms. The molecule has 0 saturated heterocycles. The first-order chi connectivity index (χ1) is 8.70. The topological polar surface area (TPSA) is 52.1 Å². The molecule has 0 spiro atoms. The number of hydrogen-bond donors (Lipinski definition) is 0. The molecule has 0 aliphatic heterocycles. The van der Waals surface area contributed by atoms with Crippen molar-refractivity contribution in [2.75, 3.05) is 7.11 Å². The maximum atomic E-state index is 12.1. The fourth-order valence-corrected chi connectivity index (χ4v) is 1.64. The molecule has 0 radical (unpaired) electrons. The smallest absolute Gasteiger partial charge is 0.243 e. The molecule has 0 aliphatic carbocycles. The third-order valence-electron chi connectivity index (χ3n) is 2.61. The summed E-state index contributed by atoms with van der Waals surface area (Å²) in [6.45, 7) is 2.01. The van der Waals surface area contributed by atoms with Crippen LogP contribution in [0.25, 0.3) is 0 Å². The number of hydrogen-bond acceptors (Lipinski definition) is 4. The third kappa shape index (κ3) is 2.71. The van der Waals surface area contributed by atoms with E-state index in [1.807, 2.05) is 31.2 Å². The van der Waals surface area contributed by atoms with E-state index in [9.17, 15) is 4.79 Å². The van der Waals surface area contributed by atoms with Gasteiger partial charge in [-0.25, -0.2) is 9.97 Å². The van der Waals surface area contributed by atoms with Gasteiger partial charge in [0.25, 0.3) is 0 Å². The predicted octanol–water partition coefficient (Wildman–Crippen LogP) is 2.22. The summed E-state index contributed by atoms with van der Waals surface area (Å²) in [5.74, 6) is 0.179. The molecule has 0 atom stereocenters. The van der Waals surface area contributed by atoms with E-state index in [-0.39, 0.29) is 17.4 Å². The SMILES string of the molecule is COc1nccnc1C(=O)Cc1ccc(C)cc1. The second-order valence-corrected chi connectivity index (χ2v) is 4.00. The number of rotatable bonds is 4. The van der Waals surface area contributed by atoms with E-state index in [0.29, 0.717) is 6.42 Å². The van der Waals surface area contributed by atoms with Gasteiger partial charge in [-0.05, 0) is 12.5 Å². The van der Waals surface area contributed by atoms with Gasteiger partial charge in [0.1, 0.15) is 0 Å². The molecule has 0 fully saturated rings. The van der Waals surface area contributed by atoms with Gasteiger partial charge in [0.05, 0.1) is 7.11 Å². The Kier molecular flexibility index (Phi) is 3.67. The van der Waals surface area contributed by atoms with Gasteiger partial charge in [-0.1, -0.05) is 29.8 Å². The van der Waals surface area contributed by atoms with Crippen LogP contribution in [-0.4, -0.2) is 22.9 Å². The number of nitrogens with zero attached hydrogens (tertiary/aromatic N) is 2. The Labute approximate surface area is 106 Å².